The van der Waals surface area contributed by atoms with Crippen molar-refractivity contribution in [3.63, 3.8) is 0 Å². The van der Waals surface area contributed by atoms with Crippen molar-refractivity contribution in [3.05, 3.63) is 35.6 Å². The molecule has 5 unspecified atom stereocenters. The van der Waals surface area contributed by atoms with Gasteiger partial charge in [0.2, 0.25) is 0 Å². The topological polar surface area (TPSA) is 66.8 Å². The van der Waals surface area contributed by atoms with Crippen molar-refractivity contribution in [1.29, 1.82) is 0 Å². The van der Waals surface area contributed by atoms with Crippen molar-refractivity contribution >= 4 is 5.97 Å². The Kier molecular flexibility index (Phi) is 4.71. The average molecular weight is 346 g/mol. The van der Waals surface area contributed by atoms with Crippen LogP contribution in [-0.2, 0) is 9.53 Å². The summed E-state index contributed by atoms with van der Waals surface area (Å²) in [4.78, 5) is 11.6. The summed E-state index contributed by atoms with van der Waals surface area (Å²) in [6.45, 7) is 7.95. The van der Waals surface area contributed by atoms with Crippen molar-refractivity contribution < 1.29 is 19.7 Å². The molecule has 138 valence electrons. The molecule has 0 aromatic rings. The van der Waals surface area contributed by atoms with Gasteiger partial charge in [0.25, 0.3) is 0 Å². The lowest BCUT2D eigenvalue weighted by Gasteiger charge is -2.41. The Morgan fingerprint density at radius 3 is 2.76 bits per heavy atom. The highest BCUT2D eigenvalue weighted by Gasteiger charge is 2.52. The summed E-state index contributed by atoms with van der Waals surface area (Å²) in [5.74, 6) is 1.50. The summed E-state index contributed by atoms with van der Waals surface area (Å²) < 4.78 is 5.31. The first-order chi connectivity index (χ1) is 11.7. The molecule has 0 radical (unpaired) electrons. The Morgan fingerprint density at radius 2 is 2.12 bits per heavy atom. The zero-order valence-corrected chi connectivity index (χ0v) is 15.7. The minimum Gasteiger partial charge on any atom is -0.423 e. The predicted octanol–water partition coefficient (Wildman–Crippen LogP) is 3.36. The molecule has 1 saturated carbocycles. The average Bonchev–Trinajstić information content (AvgIpc) is 3.05. The molecular weight excluding hydrogens is 316 g/mol. The summed E-state index contributed by atoms with van der Waals surface area (Å²) in [6, 6.07) is 0. The molecule has 0 amide bonds. The number of aliphatic hydroxyl groups is 2. The number of rotatable bonds is 5. The number of esters is 1. The highest BCUT2D eigenvalue weighted by molar-refractivity contribution is 5.88. The predicted molar refractivity (Wildman–Crippen MR) is 96.4 cm³/mol. The molecule has 3 aliphatic rings. The van der Waals surface area contributed by atoms with E-state index in [1.807, 2.05) is 6.08 Å². The van der Waals surface area contributed by atoms with Crippen LogP contribution in [0.5, 0.6) is 0 Å². The van der Waals surface area contributed by atoms with Crippen LogP contribution in [0.1, 0.15) is 47.0 Å². The van der Waals surface area contributed by atoms with Crippen LogP contribution in [0.15, 0.2) is 35.6 Å². The van der Waals surface area contributed by atoms with Gasteiger partial charge in [-0.25, -0.2) is 4.79 Å². The fraction of sp³-hybridized carbons (Fsp3) is 0.667. The molecule has 1 fully saturated rings. The molecule has 5 atom stereocenters. The van der Waals surface area contributed by atoms with Crippen molar-refractivity contribution in [2.24, 2.45) is 29.1 Å². The number of hydrogen-bond donors (Lipinski definition) is 2. The summed E-state index contributed by atoms with van der Waals surface area (Å²) in [5.41, 5.74) is 0.278. The summed E-state index contributed by atoms with van der Waals surface area (Å²) in [6.07, 6.45) is 11.0. The molecule has 0 spiro atoms. The zero-order chi connectivity index (χ0) is 18.4. The molecule has 25 heavy (non-hydrogen) atoms. The van der Waals surface area contributed by atoms with Gasteiger partial charge in [0.05, 0.1) is 12.2 Å². The number of ether oxygens (including phenoxy) is 1. The van der Waals surface area contributed by atoms with Crippen LogP contribution in [0.25, 0.3) is 0 Å². The summed E-state index contributed by atoms with van der Waals surface area (Å²) >= 11 is 0. The maximum absolute atomic E-state index is 11.6. The third-order valence-corrected chi connectivity index (χ3v) is 6.67. The summed E-state index contributed by atoms with van der Waals surface area (Å²) in [5, 5.41) is 19.7. The fourth-order valence-corrected chi connectivity index (χ4v) is 5.03. The Hall–Kier alpha value is -1.39. The lowest BCUT2D eigenvalue weighted by atomic mass is 9.63. The van der Waals surface area contributed by atoms with Gasteiger partial charge in [-0.3, -0.25) is 0 Å². The van der Waals surface area contributed by atoms with E-state index in [0.29, 0.717) is 17.8 Å². The number of allylic oxidation sites excluding steroid dienone is 3. The van der Waals surface area contributed by atoms with Crippen LogP contribution in [-0.4, -0.2) is 28.4 Å². The summed E-state index contributed by atoms with van der Waals surface area (Å²) in [7, 11) is 0. The Bertz CT molecular complexity index is 637. The van der Waals surface area contributed by atoms with Gasteiger partial charge in [0.1, 0.15) is 5.76 Å². The van der Waals surface area contributed by atoms with Gasteiger partial charge in [-0.05, 0) is 62.4 Å². The van der Waals surface area contributed by atoms with E-state index in [4.69, 9.17) is 4.74 Å². The largest absolute Gasteiger partial charge is 0.423 e. The van der Waals surface area contributed by atoms with E-state index in [1.54, 1.807) is 19.9 Å². The highest BCUT2D eigenvalue weighted by Crippen LogP contribution is 2.60. The second-order valence-electron chi connectivity index (χ2n) is 8.72. The first-order valence-corrected chi connectivity index (χ1v) is 9.32. The molecule has 0 aromatic carbocycles. The molecule has 2 N–H and O–H groups in total. The van der Waals surface area contributed by atoms with Crippen molar-refractivity contribution in [1.82, 2.24) is 0 Å². The van der Waals surface area contributed by atoms with Gasteiger partial charge >= 0.3 is 5.97 Å². The van der Waals surface area contributed by atoms with Crippen molar-refractivity contribution in [2.75, 3.05) is 6.61 Å². The van der Waals surface area contributed by atoms with E-state index in [2.05, 4.69) is 26.0 Å². The van der Waals surface area contributed by atoms with Gasteiger partial charge in [0.15, 0.2) is 0 Å². The number of fused-ring (bicyclic) bond motifs is 3. The molecule has 0 bridgehead atoms. The smallest absolute Gasteiger partial charge is 0.336 e. The first kappa shape index (κ1) is 18.4. The second-order valence-corrected chi connectivity index (χ2v) is 8.72. The molecule has 3 rings (SSSR count). The normalized spacial score (nSPS) is 34.2. The maximum atomic E-state index is 11.6. The monoisotopic (exact) mass is 346 g/mol. The van der Waals surface area contributed by atoms with Crippen LogP contribution in [0.2, 0.25) is 0 Å². The number of aliphatic hydroxyl groups excluding tert-OH is 1. The molecular formula is C21H30O4. The first-order valence-electron chi connectivity index (χ1n) is 9.32. The SMILES string of the molecule is CC(C=CC(CO)C(C)(C)O)C1CCC2C3=CC(=O)OC3=CCC21C. The second kappa shape index (κ2) is 6.40. The van der Waals surface area contributed by atoms with Crippen LogP contribution in [0.3, 0.4) is 0 Å². The molecule has 0 saturated heterocycles. The van der Waals surface area contributed by atoms with E-state index >= 15 is 0 Å². The quantitative estimate of drug-likeness (QED) is 0.592. The third-order valence-electron chi connectivity index (χ3n) is 6.67. The molecule has 2 aliphatic carbocycles. The Morgan fingerprint density at radius 1 is 1.40 bits per heavy atom. The van der Waals surface area contributed by atoms with Gasteiger partial charge in [-0.2, -0.15) is 0 Å². The van der Waals surface area contributed by atoms with E-state index < -0.39 is 5.60 Å². The van der Waals surface area contributed by atoms with Crippen LogP contribution in [0, 0.1) is 29.1 Å². The van der Waals surface area contributed by atoms with Gasteiger partial charge < -0.3 is 14.9 Å². The minimum atomic E-state index is -0.929. The van der Waals surface area contributed by atoms with Crippen LogP contribution < -0.4 is 0 Å². The standard InChI is InChI=1S/C21H30O4/c1-13(5-6-14(12-22)20(2,3)24)16-7-8-17-15-11-19(23)25-18(15)9-10-21(16,17)4/h5-6,9,11,13-14,16-17,22,24H,7-8,10,12H2,1-4H3. The van der Waals surface area contributed by atoms with E-state index in [9.17, 15) is 15.0 Å². The van der Waals surface area contributed by atoms with E-state index in [1.165, 1.54) is 0 Å². The lowest BCUT2D eigenvalue weighted by Crippen LogP contribution is -2.35. The zero-order valence-electron chi connectivity index (χ0n) is 15.7. The molecule has 1 aliphatic heterocycles. The lowest BCUT2D eigenvalue weighted by molar-refractivity contribution is -0.132. The Labute approximate surface area is 150 Å². The van der Waals surface area contributed by atoms with Gasteiger partial charge in [0, 0.05) is 17.6 Å². The van der Waals surface area contributed by atoms with Crippen molar-refractivity contribution in [3.8, 4) is 0 Å². The van der Waals surface area contributed by atoms with Crippen LogP contribution in [0.4, 0.5) is 0 Å². The molecule has 4 heteroatoms. The highest BCUT2D eigenvalue weighted by atomic mass is 16.5. The molecule has 4 nitrogen and oxygen atoms in total. The van der Waals surface area contributed by atoms with Gasteiger partial charge in [-0.15, -0.1) is 0 Å². The fourth-order valence-electron chi connectivity index (χ4n) is 5.03. The van der Waals surface area contributed by atoms with E-state index in [-0.39, 0.29) is 23.9 Å². The van der Waals surface area contributed by atoms with Crippen LogP contribution >= 0.6 is 0 Å². The minimum absolute atomic E-state index is 0.0598. The Balaban J connectivity index is 1.78. The number of carbonyl (C=O) groups is 1. The number of carbonyl (C=O) groups excluding carboxylic acids is 1. The van der Waals surface area contributed by atoms with E-state index in [0.717, 1.165) is 30.6 Å². The number of hydrogen-bond acceptors (Lipinski definition) is 4. The maximum Gasteiger partial charge on any atom is 0.336 e. The van der Waals surface area contributed by atoms with Gasteiger partial charge in [-0.1, -0.05) is 26.0 Å². The molecule has 1 heterocycles. The van der Waals surface area contributed by atoms with Crippen molar-refractivity contribution in [2.45, 2.75) is 52.6 Å². The molecule has 0 aromatic heterocycles. The third kappa shape index (κ3) is 3.22.